The van der Waals surface area contributed by atoms with Crippen molar-refractivity contribution in [3.8, 4) is 0 Å². The number of hydrogen-bond donors (Lipinski definition) is 1. The lowest BCUT2D eigenvalue weighted by molar-refractivity contribution is -0.144. The summed E-state index contributed by atoms with van der Waals surface area (Å²) in [6, 6.07) is 0. The summed E-state index contributed by atoms with van der Waals surface area (Å²) in [4.78, 5) is 11.3. The molecule has 0 heterocycles. The van der Waals surface area contributed by atoms with Gasteiger partial charge >= 0.3 is 5.97 Å². The Balaban J connectivity index is 2.44. The standard InChI is InChI=1S/C14H26O2/c1-4-5-6-10(2)11(3)13(14(15)16)9-12-7-8-12/h10-13H,4-9H2,1-3H3,(H,15,16)/t10?,11?,13-/m1/s1. The van der Waals surface area contributed by atoms with Crippen molar-refractivity contribution < 1.29 is 9.90 Å². The third-order valence-electron chi connectivity index (χ3n) is 4.15. The van der Waals surface area contributed by atoms with Crippen LogP contribution in [0.15, 0.2) is 0 Å². The van der Waals surface area contributed by atoms with Crippen molar-refractivity contribution in [2.45, 2.75) is 59.3 Å². The van der Waals surface area contributed by atoms with E-state index in [1.807, 2.05) is 0 Å². The molecule has 0 aromatic heterocycles. The van der Waals surface area contributed by atoms with Gasteiger partial charge in [0, 0.05) is 0 Å². The van der Waals surface area contributed by atoms with E-state index < -0.39 is 5.97 Å². The molecule has 1 saturated carbocycles. The van der Waals surface area contributed by atoms with E-state index in [-0.39, 0.29) is 5.92 Å². The lowest BCUT2D eigenvalue weighted by atomic mass is 9.79. The van der Waals surface area contributed by atoms with E-state index in [2.05, 4.69) is 20.8 Å². The molecule has 0 radical (unpaired) electrons. The minimum absolute atomic E-state index is 0.112. The molecule has 1 aliphatic carbocycles. The second kappa shape index (κ2) is 6.27. The van der Waals surface area contributed by atoms with E-state index in [1.54, 1.807) is 0 Å². The summed E-state index contributed by atoms with van der Waals surface area (Å²) in [6.45, 7) is 6.53. The van der Waals surface area contributed by atoms with Crippen LogP contribution in [0.2, 0.25) is 0 Å². The molecular formula is C14H26O2. The average Bonchev–Trinajstić information content (AvgIpc) is 3.04. The second-order valence-corrected chi connectivity index (χ2v) is 5.60. The Morgan fingerprint density at radius 2 is 2.00 bits per heavy atom. The summed E-state index contributed by atoms with van der Waals surface area (Å²) in [5, 5.41) is 9.29. The minimum Gasteiger partial charge on any atom is -0.481 e. The van der Waals surface area contributed by atoms with Gasteiger partial charge in [0.1, 0.15) is 0 Å². The predicted octanol–water partition coefficient (Wildman–Crippen LogP) is 3.95. The second-order valence-electron chi connectivity index (χ2n) is 5.60. The van der Waals surface area contributed by atoms with E-state index in [4.69, 9.17) is 0 Å². The molecule has 1 fully saturated rings. The van der Waals surface area contributed by atoms with E-state index in [1.165, 1.54) is 32.1 Å². The maximum atomic E-state index is 11.3. The van der Waals surface area contributed by atoms with Crippen molar-refractivity contribution in [1.29, 1.82) is 0 Å². The van der Waals surface area contributed by atoms with Crippen molar-refractivity contribution in [2.24, 2.45) is 23.7 Å². The van der Waals surface area contributed by atoms with Gasteiger partial charge in [0.25, 0.3) is 0 Å². The fraction of sp³-hybridized carbons (Fsp3) is 0.929. The summed E-state index contributed by atoms with van der Waals surface area (Å²) < 4.78 is 0. The molecule has 2 heteroatoms. The highest BCUT2D eigenvalue weighted by atomic mass is 16.4. The molecular weight excluding hydrogens is 200 g/mol. The molecule has 0 aliphatic heterocycles. The Bertz CT molecular complexity index is 221. The zero-order chi connectivity index (χ0) is 12.1. The SMILES string of the molecule is CCCCC(C)C(C)[C@@H](CC1CC1)C(=O)O. The molecule has 3 atom stereocenters. The third kappa shape index (κ3) is 4.15. The Labute approximate surface area is 99.4 Å². The topological polar surface area (TPSA) is 37.3 Å². The molecule has 1 N–H and O–H groups in total. The van der Waals surface area contributed by atoms with Crippen LogP contribution in [-0.4, -0.2) is 11.1 Å². The Morgan fingerprint density at radius 1 is 1.38 bits per heavy atom. The molecule has 1 aliphatic rings. The van der Waals surface area contributed by atoms with Gasteiger partial charge < -0.3 is 5.11 Å². The number of hydrogen-bond acceptors (Lipinski definition) is 1. The summed E-state index contributed by atoms with van der Waals surface area (Å²) in [7, 11) is 0. The van der Waals surface area contributed by atoms with E-state index in [0.29, 0.717) is 17.8 Å². The predicted molar refractivity (Wildman–Crippen MR) is 66.3 cm³/mol. The number of carboxylic acid groups (broad SMARTS) is 1. The Morgan fingerprint density at radius 3 is 2.44 bits per heavy atom. The zero-order valence-electron chi connectivity index (χ0n) is 10.9. The number of aliphatic carboxylic acids is 1. The lowest BCUT2D eigenvalue weighted by Gasteiger charge is -2.26. The first-order valence-corrected chi connectivity index (χ1v) is 6.79. The van der Waals surface area contributed by atoms with Gasteiger partial charge in [-0.15, -0.1) is 0 Å². The van der Waals surface area contributed by atoms with Gasteiger partial charge in [-0.2, -0.15) is 0 Å². The zero-order valence-corrected chi connectivity index (χ0v) is 10.9. The quantitative estimate of drug-likeness (QED) is 0.680. The molecule has 0 amide bonds. The van der Waals surface area contributed by atoms with Crippen molar-refractivity contribution in [2.75, 3.05) is 0 Å². The first kappa shape index (κ1) is 13.5. The van der Waals surface area contributed by atoms with E-state index in [0.717, 1.165) is 6.42 Å². The molecule has 2 nitrogen and oxygen atoms in total. The smallest absolute Gasteiger partial charge is 0.306 e. The highest BCUT2D eigenvalue weighted by Gasteiger charge is 2.34. The third-order valence-corrected chi connectivity index (χ3v) is 4.15. The van der Waals surface area contributed by atoms with Crippen LogP contribution in [0, 0.1) is 23.7 Å². The molecule has 0 saturated heterocycles. The molecule has 0 aromatic rings. The van der Waals surface area contributed by atoms with Crippen LogP contribution in [0.5, 0.6) is 0 Å². The first-order valence-electron chi connectivity index (χ1n) is 6.79. The van der Waals surface area contributed by atoms with Gasteiger partial charge in [-0.05, 0) is 24.2 Å². The normalized spacial score (nSPS) is 21.4. The van der Waals surface area contributed by atoms with Crippen molar-refractivity contribution in [3.63, 3.8) is 0 Å². The maximum Gasteiger partial charge on any atom is 0.306 e. The van der Waals surface area contributed by atoms with Crippen molar-refractivity contribution in [1.82, 2.24) is 0 Å². The van der Waals surface area contributed by atoms with Crippen LogP contribution in [-0.2, 0) is 4.79 Å². The summed E-state index contributed by atoms with van der Waals surface area (Å²) in [6.07, 6.45) is 7.01. The fourth-order valence-corrected chi connectivity index (χ4v) is 2.44. The molecule has 0 aromatic carbocycles. The maximum absolute atomic E-state index is 11.3. The number of carboxylic acids is 1. The average molecular weight is 226 g/mol. The molecule has 0 bridgehead atoms. The first-order chi connectivity index (χ1) is 7.56. The molecule has 94 valence electrons. The fourth-order valence-electron chi connectivity index (χ4n) is 2.44. The summed E-state index contributed by atoms with van der Waals surface area (Å²) in [5.74, 6) is 0.883. The largest absolute Gasteiger partial charge is 0.481 e. The number of unbranched alkanes of at least 4 members (excludes halogenated alkanes) is 1. The van der Waals surface area contributed by atoms with Crippen LogP contribution >= 0.6 is 0 Å². The number of rotatable bonds is 8. The van der Waals surface area contributed by atoms with Crippen LogP contribution in [0.1, 0.15) is 59.3 Å². The van der Waals surface area contributed by atoms with Gasteiger partial charge in [-0.3, -0.25) is 4.79 Å². The van der Waals surface area contributed by atoms with E-state index >= 15 is 0 Å². The van der Waals surface area contributed by atoms with Crippen LogP contribution in [0.25, 0.3) is 0 Å². The lowest BCUT2D eigenvalue weighted by Crippen LogP contribution is -2.27. The van der Waals surface area contributed by atoms with Gasteiger partial charge in [0.15, 0.2) is 0 Å². The van der Waals surface area contributed by atoms with E-state index in [9.17, 15) is 9.90 Å². The van der Waals surface area contributed by atoms with Gasteiger partial charge in [0.2, 0.25) is 0 Å². The monoisotopic (exact) mass is 226 g/mol. The molecule has 2 unspecified atom stereocenters. The minimum atomic E-state index is -0.581. The molecule has 1 rings (SSSR count). The summed E-state index contributed by atoms with van der Waals surface area (Å²) >= 11 is 0. The van der Waals surface area contributed by atoms with Crippen molar-refractivity contribution in [3.05, 3.63) is 0 Å². The highest BCUT2D eigenvalue weighted by molar-refractivity contribution is 5.70. The van der Waals surface area contributed by atoms with Gasteiger partial charge in [-0.25, -0.2) is 0 Å². The van der Waals surface area contributed by atoms with Crippen LogP contribution in [0.4, 0.5) is 0 Å². The van der Waals surface area contributed by atoms with Crippen molar-refractivity contribution >= 4 is 5.97 Å². The summed E-state index contributed by atoms with van der Waals surface area (Å²) in [5.41, 5.74) is 0. The van der Waals surface area contributed by atoms with Crippen LogP contribution in [0.3, 0.4) is 0 Å². The van der Waals surface area contributed by atoms with Crippen LogP contribution < -0.4 is 0 Å². The molecule has 0 spiro atoms. The van der Waals surface area contributed by atoms with Gasteiger partial charge in [-0.1, -0.05) is 52.9 Å². The Kier molecular flexibility index (Phi) is 5.30. The number of carbonyl (C=O) groups is 1. The highest BCUT2D eigenvalue weighted by Crippen LogP contribution is 2.39. The Hall–Kier alpha value is -0.530. The van der Waals surface area contributed by atoms with Gasteiger partial charge in [0.05, 0.1) is 5.92 Å². The molecule has 16 heavy (non-hydrogen) atoms.